The van der Waals surface area contributed by atoms with Gasteiger partial charge in [-0.1, -0.05) is 6.42 Å². The summed E-state index contributed by atoms with van der Waals surface area (Å²) in [6.45, 7) is 1.44. The van der Waals surface area contributed by atoms with Crippen molar-refractivity contribution in [1.29, 1.82) is 0 Å². The molecule has 0 aromatic carbocycles. The number of nitrogens with two attached hydrogens (primary N) is 1. The molecule has 10 nitrogen and oxygen atoms in total. The number of unbranched alkanes of at least 4 members (excludes halogenated alkanes) is 1. The van der Waals surface area contributed by atoms with Crippen LogP contribution in [0, 0.1) is 0 Å². The van der Waals surface area contributed by atoms with Gasteiger partial charge in [0.1, 0.15) is 6.04 Å². The first-order valence-corrected chi connectivity index (χ1v) is 7.90. The molecule has 0 spiro atoms. The molecule has 0 aliphatic heterocycles. The standard InChI is InChI=1S/C14H28N4O6/c15-4-2-1-3-11(14(23)24)18(7-5-16-9-12(19)20)8-6-17-10-13(21)22/h11,16-17H,1-10,15H2,(H,19,20)(H,21,22)(H,23,24)/t11-/m0/s1. The molecule has 0 amide bonds. The van der Waals surface area contributed by atoms with E-state index in [1.165, 1.54) is 0 Å². The minimum Gasteiger partial charge on any atom is -0.480 e. The molecule has 0 aliphatic carbocycles. The van der Waals surface area contributed by atoms with Crippen LogP contribution in [0.2, 0.25) is 0 Å². The first-order valence-electron chi connectivity index (χ1n) is 7.90. The number of hydrogen-bond donors (Lipinski definition) is 6. The molecular formula is C14H28N4O6. The SMILES string of the molecule is NCCCC[C@@H](C(=O)O)N(CCNCC(=O)O)CCNCC(=O)O. The number of aliphatic carboxylic acids is 3. The Hall–Kier alpha value is -1.75. The Morgan fingerprint density at radius 3 is 1.79 bits per heavy atom. The average molecular weight is 348 g/mol. The van der Waals surface area contributed by atoms with Gasteiger partial charge in [-0.2, -0.15) is 0 Å². The highest BCUT2D eigenvalue weighted by molar-refractivity contribution is 5.73. The monoisotopic (exact) mass is 348 g/mol. The highest BCUT2D eigenvalue weighted by Crippen LogP contribution is 2.09. The third kappa shape index (κ3) is 11.8. The van der Waals surface area contributed by atoms with Gasteiger partial charge in [0.05, 0.1) is 13.1 Å². The quantitative estimate of drug-likeness (QED) is 0.176. The number of hydrogen-bond acceptors (Lipinski definition) is 7. The number of carboxylic acids is 3. The molecule has 0 saturated heterocycles. The van der Waals surface area contributed by atoms with Crippen molar-refractivity contribution in [3.63, 3.8) is 0 Å². The van der Waals surface area contributed by atoms with Crippen molar-refractivity contribution in [2.45, 2.75) is 25.3 Å². The normalized spacial score (nSPS) is 12.2. The Labute approximate surface area is 141 Å². The average Bonchev–Trinajstić information content (AvgIpc) is 2.49. The van der Waals surface area contributed by atoms with E-state index in [1.54, 1.807) is 4.90 Å². The molecule has 1 atom stereocenters. The summed E-state index contributed by atoms with van der Waals surface area (Å²) < 4.78 is 0. The van der Waals surface area contributed by atoms with Crippen molar-refractivity contribution >= 4 is 17.9 Å². The Morgan fingerprint density at radius 1 is 0.917 bits per heavy atom. The van der Waals surface area contributed by atoms with Gasteiger partial charge in [-0.05, 0) is 19.4 Å². The molecule has 0 aromatic rings. The predicted molar refractivity (Wildman–Crippen MR) is 86.9 cm³/mol. The zero-order valence-electron chi connectivity index (χ0n) is 13.7. The molecule has 0 radical (unpaired) electrons. The molecule has 0 aliphatic rings. The van der Waals surface area contributed by atoms with Crippen LogP contribution in [0.1, 0.15) is 19.3 Å². The summed E-state index contributed by atoms with van der Waals surface area (Å²) in [6.07, 6.45) is 1.84. The summed E-state index contributed by atoms with van der Waals surface area (Å²) in [5.74, 6) is -2.92. The summed E-state index contributed by atoms with van der Waals surface area (Å²) in [7, 11) is 0. The lowest BCUT2D eigenvalue weighted by Gasteiger charge is -2.29. The molecule has 10 heteroatoms. The molecule has 140 valence electrons. The van der Waals surface area contributed by atoms with E-state index in [0.717, 1.165) is 6.42 Å². The second kappa shape index (κ2) is 13.7. The van der Waals surface area contributed by atoms with E-state index in [4.69, 9.17) is 15.9 Å². The minimum atomic E-state index is -0.984. The molecule has 0 bridgehead atoms. The van der Waals surface area contributed by atoms with Gasteiger partial charge in [-0.25, -0.2) is 0 Å². The molecule has 7 N–H and O–H groups in total. The third-order valence-corrected chi connectivity index (χ3v) is 3.36. The van der Waals surface area contributed by atoms with Crippen LogP contribution in [0.25, 0.3) is 0 Å². The maximum atomic E-state index is 11.5. The van der Waals surface area contributed by atoms with Gasteiger partial charge >= 0.3 is 17.9 Å². The molecule has 0 fully saturated rings. The number of rotatable bonds is 16. The fraction of sp³-hybridized carbons (Fsp3) is 0.786. The molecule has 0 aromatic heterocycles. The van der Waals surface area contributed by atoms with Gasteiger partial charge in [0, 0.05) is 26.2 Å². The Kier molecular flexibility index (Phi) is 12.7. The summed E-state index contributed by atoms with van der Waals surface area (Å²) in [4.78, 5) is 34.2. The Bertz CT molecular complexity index is 371. The lowest BCUT2D eigenvalue weighted by atomic mass is 10.1. The summed E-state index contributed by atoms with van der Waals surface area (Å²) >= 11 is 0. The second-order valence-electron chi connectivity index (χ2n) is 5.32. The van der Waals surface area contributed by atoms with E-state index in [9.17, 15) is 19.5 Å². The van der Waals surface area contributed by atoms with Crippen molar-refractivity contribution in [3.8, 4) is 0 Å². The summed E-state index contributed by atoms with van der Waals surface area (Å²) in [6, 6.07) is -0.713. The second-order valence-corrected chi connectivity index (χ2v) is 5.32. The highest BCUT2D eigenvalue weighted by Gasteiger charge is 2.24. The van der Waals surface area contributed by atoms with Crippen LogP contribution in [0.3, 0.4) is 0 Å². The van der Waals surface area contributed by atoms with Crippen molar-refractivity contribution in [1.82, 2.24) is 15.5 Å². The van der Waals surface area contributed by atoms with E-state index in [2.05, 4.69) is 10.6 Å². The van der Waals surface area contributed by atoms with Crippen molar-refractivity contribution < 1.29 is 29.7 Å². The van der Waals surface area contributed by atoms with Crippen LogP contribution in [-0.2, 0) is 14.4 Å². The molecule has 0 saturated carbocycles. The zero-order valence-corrected chi connectivity index (χ0v) is 13.7. The number of carboxylic acid groups (broad SMARTS) is 3. The minimum absolute atomic E-state index is 0.198. The molecule has 0 heterocycles. The fourth-order valence-corrected chi connectivity index (χ4v) is 2.20. The lowest BCUT2D eigenvalue weighted by Crippen LogP contribution is -2.47. The van der Waals surface area contributed by atoms with E-state index in [-0.39, 0.29) is 13.1 Å². The maximum Gasteiger partial charge on any atom is 0.320 e. The largest absolute Gasteiger partial charge is 0.480 e. The van der Waals surface area contributed by atoms with E-state index >= 15 is 0 Å². The number of carbonyl (C=O) groups is 3. The topological polar surface area (TPSA) is 165 Å². The molecule has 0 unspecified atom stereocenters. The molecule has 0 rings (SSSR count). The van der Waals surface area contributed by atoms with E-state index in [0.29, 0.717) is 45.6 Å². The van der Waals surface area contributed by atoms with Gasteiger partial charge in [0.25, 0.3) is 0 Å². The highest BCUT2D eigenvalue weighted by atomic mass is 16.4. The third-order valence-electron chi connectivity index (χ3n) is 3.36. The van der Waals surface area contributed by atoms with Crippen LogP contribution in [0.15, 0.2) is 0 Å². The van der Waals surface area contributed by atoms with E-state index in [1.807, 2.05) is 0 Å². The van der Waals surface area contributed by atoms with Gasteiger partial charge < -0.3 is 31.7 Å². The number of nitrogens with one attached hydrogen (secondary N) is 2. The summed E-state index contributed by atoms with van der Waals surface area (Å²) in [5, 5.41) is 32.1. The van der Waals surface area contributed by atoms with Crippen molar-refractivity contribution in [3.05, 3.63) is 0 Å². The van der Waals surface area contributed by atoms with Crippen LogP contribution >= 0.6 is 0 Å². The van der Waals surface area contributed by atoms with Crippen LogP contribution in [0.4, 0.5) is 0 Å². The fourth-order valence-electron chi connectivity index (χ4n) is 2.20. The van der Waals surface area contributed by atoms with Gasteiger partial charge in [-0.3, -0.25) is 19.3 Å². The Morgan fingerprint density at radius 2 is 1.42 bits per heavy atom. The van der Waals surface area contributed by atoms with Crippen molar-refractivity contribution in [2.24, 2.45) is 5.73 Å². The van der Waals surface area contributed by atoms with Crippen molar-refractivity contribution in [2.75, 3.05) is 45.8 Å². The molecule has 24 heavy (non-hydrogen) atoms. The maximum absolute atomic E-state index is 11.5. The predicted octanol–water partition coefficient (Wildman–Crippen LogP) is -1.78. The Balaban J connectivity index is 4.54. The zero-order chi connectivity index (χ0) is 18.4. The van der Waals surface area contributed by atoms with Gasteiger partial charge in [-0.15, -0.1) is 0 Å². The van der Waals surface area contributed by atoms with Gasteiger partial charge in [0.2, 0.25) is 0 Å². The van der Waals surface area contributed by atoms with Crippen LogP contribution < -0.4 is 16.4 Å². The smallest absolute Gasteiger partial charge is 0.320 e. The lowest BCUT2D eigenvalue weighted by molar-refractivity contribution is -0.144. The first-order chi connectivity index (χ1) is 11.4. The van der Waals surface area contributed by atoms with Crippen LogP contribution in [0.5, 0.6) is 0 Å². The van der Waals surface area contributed by atoms with Crippen LogP contribution in [-0.4, -0.2) is 90.0 Å². The first kappa shape index (κ1) is 22.2. The molecular weight excluding hydrogens is 320 g/mol. The van der Waals surface area contributed by atoms with E-state index < -0.39 is 23.9 Å². The number of nitrogens with zero attached hydrogens (tertiary/aromatic N) is 1. The van der Waals surface area contributed by atoms with Gasteiger partial charge in [0.15, 0.2) is 0 Å². The summed E-state index contributed by atoms with van der Waals surface area (Å²) in [5.41, 5.74) is 5.43.